The summed E-state index contributed by atoms with van der Waals surface area (Å²) in [5.74, 6) is -0.336. The van der Waals surface area contributed by atoms with E-state index in [1.807, 2.05) is 24.4 Å². The van der Waals surface area contributed by atoms with Gasteiger partial charge in [0.1, 0.15) is 23.9 Å². The Morgan fingerprint density at radius 3 is 2.66 bits per heavy atom. The van der Waals surface area contributed by atoms with Crippen molar-refractivity contribution in [2.45, 2.75) is 13.1 Å². The van der Waals surface area contributed by atoms with Crippen LogP contribution in [0, 0.1) is 6.92 Å². The molecule has 0 aliphatic rings. The van der Waals surface area contributed by atoms with E-state index >= 15 is 0 Å². The Bertz CT molecular complexity index is 1550. The van der Waals surface area contributed by atoms with Gasteiger partial charge in [0.05, 0.1) is 5.56 Å². The number of hydrogen-bond acceptors (Lipinski definition) is 7. The van der Waals surface area contributed by atoms with E-state index in [1.54, 1.807) is 24.3 Å². The number of fused-ring (bicyclic) bond motifs is 2. The van der Waals surface area contributed by atoms with Crippen LogP contribution in [-0.2, 0) is 0 Å². The second kappa shape index (κ2) is 8.27. The zero-order chi connectivity index (χ0) is 24.7. The summed E-state index contributed by atoms with van der Waals surface area (Å²) >= 11 is 0. The van der Waals surface area contributed by atoms with Gasteiger partial charge in [-0.25, -0.2) is 19.5 Å². The first kappa shape index (κ1) is 22.1. The number of nitrogens with one attached hydrogen (secondary N) is 3. The van der Waals surface area contributed by atoms with E-state index < -0.39 is 18.6 Å². The number of nitrogen functional groups attached to an aromatic ring is 1. The predicted octanol–water partition coefficient (Wildman–Crippen LogP) is 3.59. The lowest BCUT2D eigenvalue weighted by molar-refractivity contribution is -0.123. The van der Waals surface area contributed by atoms with Gasteiger partial charge < -0.3 is 21.4 Å². The highest BCUT2D eigenvalue weighted by atomic mass is 19.4. The Hall–Kier alpha value is -4.68. The van der Waals surface area contributed by atoms with Crippen LogP contribution >= 0.6 is 0 Å². The van der Waals surface area contributed by atoms with E-state index in [0.717, 1.165) is 5.69 Å². The van der Waals surface area contributed by atoms with E-state index in [2.05, 4.69) is 30.4 Å². The van der Waals surface area contributed by atoms with Gasteiger partial charge in [-0.3, -0.25) is 4.79 Å². The smallest absolute Gasteiger partial charge is 0.382 e. The highest BCUT2D eigenvalue weighted by molar-refractivity contribution is 6.07. The molecule has 0 bridgehead atoms. The quantitative estimate of drug-likeness (QED) is 0.301. The normalized spacial score (nSPS) is 11.8. The molecule has 13 heteroatoms. The van der Waals surface area contributed by atoms with Crippen molar-refractivity contribution in [2.75, 3.05) is 17.6 Å². The van der Waals surface area contributed by atoms with Gasteiger partial charge in [-0.15, -0.1) is 0 Å². The number of H-pyrrole nitrogens is 1. The Morgan fingerprint density at radius 1 is 1.14 bits per heavy atom. The molecule has 10 nitrogen and oxygen atoms in total. The maximum Gasteiger partial charge on any atom is 0.405 e. The number of amides is 1. The van der Waals surface area contributed by atoms with E-state index in [9.17, 15) is 18.0 Å². The van der Waals surface area contributed by atoms with Gasteiger partial charge in [0.2, 0.25) is 5.95 Å². The zero-order valence-corrected chi connectivity index (χ0v) is 18.2. The summed E-state index contributed by atoms with van der Waals surface area (Å²) < 4.78 is 39.3. The van der Waals surface area contributed by atoms with Crippen molar-refractivity contribution in [1.82, 2.24) is 34.9 Å². The number of nitrogens with zero attached hydrogens (tertiary/aromatic N) is 5. The number of benzene rings is 1. The minimum Gasteiger partial charge on any atom is -0.382 e. The summed E-state index contributed by atoms with van der Waals surface area (Å²) in [6, 6.07) is 10.6. The second-order valence-corrected chi connectivity index (χ2v) is 7.76. The fourth-order valence-electron chi connectivity index (χ4n) is 3.68. The fraction of sp³-hybridized carbons (Fsp3) is 0.136. The Labute approximate surface area is 195 Å². The van der Waals surface area contributed by atoms with E-state index in [0.29, 0.717) is 39.4 Å². The van der Waals surface area contributed by atoms with Gasteiger partial charge in [0.25, 0.3) is 5.91 Å². The van der Waals surface area contributed by atoms with Crippen LogP contribution in [0.1, 0.15) is 16.1 Å². The average Bonchev–Trinajstić information content (AvgIpc) is 3.39. The molecule has 4 aromatic heterocycles. The molecule has 0 saturated carbocycles. The molecule has 1 aromatic carbocycles. The lowest BCUT2D eigenvalue weighted by atomic mass is 10.0. The van der Waals surface area contributed by atoms with Crippen molar-refractivity contribution in [2.24, 2.45) is 0 Å². The maximum absolute atomic E-state index is 12.7. The predicted molar refractivity (Wildman–Crippen MR) is 123 cm³/mol. The highest BCUT2D eigenvalue weighted by Gasteiger charge is 2.29. The number of anilines is 3. The minimum atomic E-state index is -4.55. The van der Waals surface area contributed by atoms with Crippen LogP contribution in [0.5, 0.6) is 0 Å². The van der Waals surface area contributed by atoms with Gasteiger partial charge in [0, 0.05) is 23.1 Å². The van der Waals surface area contributed by atoms with Gasteiger partial charge in [-0.05, 0) is 36.8 Å². The van der Waals surface area contributed by atoms with E-state index in [-0.39, 0.29) is 11.4 Å². The number of alkyl halides is 3. The van der Waals surface area contributed by atoms with Crippen LogP contribution in [-0.4, -0.2) is 48.2 Å². The number of aryl methyl sites for hydroxylation is 1. The number of halogens is 3. The molecule has 5 rings (SSSR count). The number of carbonyl (C=O) groups excluding carboxylic acids is 1. The molecule has 0 atom stereocenters. The lowest BCUT2D eigenvalue weighted by Crippen LogP contribution is -2.33. The van der Waals surface area contributed by atoms with Crippen LogP contribution in [0.2, 0.25) is 0 Å². The third-order valence-electron chi connectivity index (χ3n) is 5.21. The number of imidazole rings is 1. The summed E-state index contributed by atoms with van der Waals surface area (Å²) in [7, 11) is 0. The molecule has 5 aromatic rings. The van der Waals surface area contributed by atoms with Crippen molar-refractivity contribution >= 4 is 40.0 Å². The minimum absolute atomic E-state index is 0.0131. The lowest BCUT2D eigenvalue weighted by Gasteiger charge is -2.10. The molecule has 0 radical (unpaired) electrons. The number of aromatic nitrogens is 6. The number of rotatable bonds is 5. The van der Waals surface area contributed by atoms with Gasteiger partial charge in [0.15, 0.2) is 11.5 Å². The number of hydrogen-bond donors (Lipinski definition) is 4. The molecule has 35 heavy (non-hydrogen) atoms. The van der Waals surface area contributed by atoms with Gasteiger partial charge >= 0.3 is 6.18 Å². The third kappa shape index (κ3) is 4.43. The van der Waals surface area contributed by atoms with Crippen LogP contribution in [0.3, 0.4) is 0 Å². The topological polar surface area (TPSA) is 139 Å². The maximum atomic E-state index is 12.7. The molecule has 0 spiro atoms. The molecule has 4 heterocycles. The van der Waals surface area contributed by atoms with Crippen LogP contribution in [0.4, 0.5) is 30.6 Å². The monoisotopic (exact) mass is 481 g/mol. The first-order valence-corrected chi connectivity index (χ1v) is 10.4. The second-order valence-electron chi connectivity index (χ2n) is 7.76. The van der Waals surface area contributed by atoms with E-state index in [4.69, 9.17) is 5.73 Å². The molecule has 0 saturated heterocycles. The first-order chi connectivity index (χ1) is 16.7. The molecule has 1 amide bonds. The molecular weight excluding hydrogens is 463 g/mol. The summed E-state index contributed by atoms with van der Waals surface area (Å²) in [5.41, 5.74) is 10.1. The first-order valence-electron chi connectivity index (χ1n) is 10.4. The molecule has 5 N–H and O–H groups in total. The third-order valence-corrected chi connectivity index (χ3v) is 5.21. The number of nitrogens with two attached hydrogens (primary N) is 1. The van der Waals surface area contributed by atoms with Crippen molar-refractivity contribution in [1.29, 1.82) is 0 Å². The zero-order valence-electron chi connectivity index (χ0n) is 18.2. The van der Waals surface area contributed by atoms with Gasteiger partial charge in [-0.1, -0.05) is 12.1 Å². The van der Waals surface area contributed by atoms with Crippen LogP contribution in [0.15, 0.2) is 48.9 Å². The SMILES string of the molecule is Cc1ccc2nc(Nc3ccc(-c4c(C(=O)NCC(F)(F)F)cn5ncnc(N)c45)cc3)[nH]c2n1. The van der Waals surface area contributed by atoms with Crippen molar-refractivity contribution in [3.63, 3.8) is 0 Å². The molecule has 178 valence electrons. The Morgan fingerprint density at radius 2 is 1.91 bits per heavy atom. The summed E-state index contributed by atoms with van der Waals surface area (Å²) in [6.45, 7) is 0.417. The van der Waals surface area contributed by atoms with Crippen molar-refractivity contribution in [3.8, 4) is 11.1 Å². The number of carbonyl (C=O) groups is 1. The molecule has 0 fully saturated rings. The van der Waals surface area contributed by atoms with E-state index in [1.165, 1.54) is 17.0 Å². The Balaban J connectivity index is 1.48. The van der Waals surface area contributed by atoms with Gasteiger partial charge in [-0.2, -0.15) is 18.3 Å². The van der Waals surface area contributed by atoms with Crippen molar-refractivity contribution < 1.29 is 18.0 Å². The summed E-state index contributed by atoms with van der Waals surface area (Å²) in [4.78, 5) is 28.5. The standard InChI is InChI=1S/C22H18F3N9O/c1-11-2-7-15-19(30-11)33-21(32-15)31-13-5-3-12(4-6-13)16-14(20(35)27-9-22(23,24)25)8-34-17(16)18(26)28-10-29-34/h2-8,10H,9H2,1H3,(H,27,35)(H2,26,28,29)(H2,30,31,32,33). The Kier molecular flexibility index (Phi) is 5.23. The molecule has 0 unspecified atom stereocenters. The molecule has 0 aliphatic heterocycles. The largest absolute Gasteiger partial charge is 0.405 e. The highest BCUT2D eigenvalue weighted by Crippen LogP contribution is 2.33. The molecular formula is C22H18F3N9O. The fourth-order valence-corrected chi connectivity index (χ4v) is 3.68. The van der Waals surface area contributed by atoms with Crippen LogP contribution < -0.4 is 16.4 Å². The number of aromatic amines is 1. The van der Waals surface area contributed by atoms with Crippen molar-refractivity contribution in [3.05, 3.63) is 60.2 Å². The summed E-state index contributed by atoms with van der Waals surface area (Å²) in [6.07, 6.45) is -2.03. The summed E-state index contributed by atoms with van der Waals surface area (Å²) in [5, 5.41) is 9.07. The van der Waals surface area contributed by atoms with Crippen LogP contribution in [0.25, 0.3) is 27.8 Å². The molecule has 0 aliphatic carbocycles. The number of pyridine rings is 1. The average molecular weight is 481 g/mol.